The largest absolute Gasteiger partial charge is 0.486 e. The number of benzene rings is 2. The monoisotopic (exact) mass is 498 g/mol. The van der Waals surface area contributed by atoms with Gasteiger partial charge in [-0.25, -0.2) is 0 Å². The van der Waals surface area contributed by atoms with Gasteiger partial charge in [0, 0.05) is 6.04 Å². The van der Waals surface area contributed by atoms with Crippen molar-refractivity contribution in [1.29, 1.82) is 0 Å². The van der Waals surface area contributed by atoms with E-state index in [1.54, 1.807) is 4.90 Å². The van der Waals surface area contributed by atoms with E-state index in [0.29, 0.717) is 23.3 Å². The van der Waals surface area contributed by atoms with Crippen LogP contribution in [0.3, 0.4) is 0 Å². The predicted molar refractivity (Wildman–Crippen MR) is 137 cm³/mol. The minimum Gasteiger partial charge on any atom is -0.486 e. The van der Waals surface area contributed by atoms with Crippen molar-refractivity contribution in [3.63, 3.8) is 0 Å². The van der Waals surface area contributed by atoms with Gasteiger partial charge in [-0.05, 0) is 42.9 Å². The van der Waals surface area contributed by atoms with E-state index in [9.17, 15) is 9.59 Å². The number of hydrogen-bond donors (Lipinski definition) is 1. The van der Waals surface area contributed by atoms with Gasteiger partial charge in [-0.2, -0.15) is 0 Å². The number of halogens is 1. The number of carbonyl (C=O) groups excluding carboxylic acids is 2. The number of ether oxygens (including phenoxy) is 2. The summed E-state index contributed by atoms with van der Waals surface area (Å²) < 4.78 is 12.0. The number of nitrogens with one attached hydrogen (secondary N) is 1. The molecule has 0 radical (unpaired) electrons. The van der Waals surface area contributed by atoms with Crippen LogP contribution in [-0.4, -0.2) is 47.9 Å². The summed E-state index contributed by atoms with van der Waals surface area (Å²) in [6.07, 6.45) is 2.78. The van der Waals surface area contributed by atoms with Gasteiger partial charge in [0.05, 0.1) is 6.54 Å². The Labute approximate surface area is 212 Å². The Morgan fingerprint density at radius 1 is 1.09 bits per heavy atom. The molecule has 1 aliphatic heterocycles. The third-order valence-electron chi connectivity index (χ3n) is 7.39. The van der Waals surface area contributed by atoms with Crippen molar-refractivity contribution >= 4 is 23.4 Å². The highest BCUT2D eigenvalue weighted by atomic mass is 35.5. The average molecular weight is 499 g/mol. The third kappa shape index (κ3) is 5.92. The summed E-state index contributed by atoms with van der Waals surface area (Å²) in [4.78, 5) is 28.5. The third-order valence-corrected chi connectivity index (χ3v) is 7.62. The first-order valence-electron chi connectivity index (χ1n) is 12.5. The smallest absolute Gasteiger partial charge is 0.247 e. The Morgan fingerprint density at radius 3 is 2.51 bits per heavy atom. The summed E-state index contributed by atoms with van der Waals surface area (Å²) >= 11 is 6.05. The minimum atomic E-state index is -0.813. The maximum atomic E-state index is 13.8. The number of carbonyl (C=O) groups is 2. The van der Waals surface area contributed by atoms with Crippen molar-refractivity contribution in [2.75, 3.05) is 19.0 Å². The van der Waals surface area contributed by atoms with Crippen molar-refractivity contribution in [2.45, 2.75) is 58.2 Å². The molecule has 6 nitrogen and oxygen atoms in total. The van der Waals surface area contributed by atoms with E-state index < -0.39 is 12.1 Å². The van der Waals surface area contributed by atoms with Crippen LogP contribution in [0.2, 0.25) is 0 Å². The molecule has 5 atom stereocenters. The van der Waals surface area contributed by atoms with Crippen LogP contribution in [0, 0.1) is 18.8 Å². The van der Waals surface area contributed by atoms with Gasteiger partial charge in [-0.15, -0.1) is 11.6 Å². The fraction of sp³-hybridized carbons (Fsp3) is 0.500. The molecule has 188 valence electrons. The lowest BCUT2D eigenvalue weighted by Crippen LogP contribution is -2.52. The molecule has 2 aromatic carbocycles. The second-order valence-corrected chi connectivity index (χ2v) is 10.1. The molecule has 4 rings (SSSR count). The van der Waals surface area contributed by atoms with E-state index in [1.807, 2.05) is 55.5 Å². The highest BCUT2D eigenvalue weighted by Crippen LogP contribution is 2.33. The first-order valence-corrected chi connectivity index (χ1v) is 13.0. The maximum Gasteiger partial charge on any atom is 0.247 e. The van der Waals surface area contributed by atoms with E-state index in [-0.39, 0.29) is 36.9 Å². The van der Waals surface area contributed by atoms with Crippen LogP contribution >= 0.6 is 11.6 Å². The molecule has 1 aliphatic carbocycles. The summed E-state index contributed by atoms with van der Waals surface area (Å²) in [6, 6.07) is 14.5. The van der Waals surface area contributed by atoms with Crippen molar-refractivity contribution in [3.8, 4) is 11.5 Å². The Kier molecular flexibility index (Phi) is 8.22. The van der Waals surface area contributed by atoms with Crippen molar-refractivity contribution < 1.29 is 19.1 Å². The van der Waals surface area contributed by atoms with Crippen LogP contribution < -0.4 is 14.8 Å². The fourth-order valence-corrected chi connectivity index (χ4v) is 5.22. The molecule has 35 heavy (non-hydrogen) atoms. The SMILES string of the molecule is Cc1ccc([C@H](C(=O)N[C@@H]2CCC[C@H](C)[C@@H]2C)N(C[C@@H]2COc3ccccc3O2)C(=O)CCl)cc1. The van der Waals surface area contributed by atoms with Gasteiger partial charge in [0.1, 0.15) is 18.5 Å². The number of para-hydroxylation sites is 2. The average Bonchev–Trinajstić information content (AvgIpc) is 2.87. The highest BCUT2D eigenvalue weighted by molar-refractivity contribution is 6.27. The second kappa shape index (κ2) is 11.3. The summed E-state index contributed by atoms with van der Waals surface area (Å²) in [7, 11) is 0. The molecule has 0 unspecified atom stereocenters. The lowest BCUT2D eigenvalue weighted by atomic mass is 9.78. The molecule has 0 bridgehead atoms. The van der Waals surface area contributed by atoms with Crippen molar-refractivity contribution in [1.82, 2.24) is 10.2 Å². The zero-order valence-electron chi connectivity index (χ0n) is 20.7. The van der Waals surface area contributed by atoms with Crippen LogP contribution in [0.5, 0.6) is 11.5 Å². The molecule has 1 N–H and O–H groups in total. The van der Waals surface area contributed by atoms with E-state index >= 15 is 0 Å². The van der Waals surface area contributed by atoms with Crippen LogP contribution in [-0.2, 0) is 9.59 Å². The summed E-state index contributed by atoms with van der Waals surface area (Å²) in [6.45, 7) is 6.89. The fourth-order valence-electron chi connectivity index (χ4n) is 5.07. The number of alkyl halides is 1. The van der Waals surface area contributed by atoms with Crippen molar-refractivity contribution in [3.05, 3.63) is 59.7 Å². The number of fused-ring (bicyclic) bond motifs is 1. The van der Waals surface area contributed by atoms with Crippen LogP contribution in [0.25, 0.3) is 0 Å². The standard InChI is InChI=1S/C28H35ClN2O4/c1-18-11-13-21(14-12-18)27(28(33)30-23-8-6-7-19(2)20(23)3)31(26(32)15-29)16-22-17-34-24-9-4-5-10-25(24)35-22/h4-5,9-14,19-20,22-23,27H,6-8,15-17H2,1-3H3,(H,30,33)/t19-,20-,22+,23+,27+/m0/s1. The highest BCUT2D eigenvalue weighted by Gasteiger charge is 2.37. The molecule has 0 saturated heterocycles. The maximum absolute atomic E-state index is 13.8. The predicted octanol–water partition coefficient (Wildman–Crippen LogP) is 4.88. The molecule has 0 spiro atoms. The van der Waals surface area contributed by atoms with Crippen molar-refractivity contribution in [2.24, 2.45) is 11.8 Å². The molecule has 1 heterocycles. The molecule has 2 amide bonds. The molecular weight excluding hydrogens is 464 g/mol. The van der Waals surface area contributed by atoms with Gasteiger partial charge in [0.15, 0.2) is 17.6 Å². The molecular formula is C28H35ClN2O4. The van der Waals surface area contributed by atoms with Gasteiger partial charge in [-0.1, -0.05) is 68.7 Å². The number of aryl methyl sites for hydroxylation is 1. The zero-order chi connectivity index (χ0) is 24.9. The lowest BCUT2D eigenvalue weighted by Gasteiger charge is -2.38. The lowest BCUT2D eigenvalue weighted by molar-refractivity contribution is -0.141. The van der Waals surface area contributed by atoms with Gasteiger partial charge in [0.25, 0.3) is 0 Å². The Bertz CT molecular complexity index is 1030. The molecule has 0 aromatic heterocycles. The number of amides is 2. The Hall–Kier alpha value is -2.73. The van der Waals surface area contributed by atoms with E-state index in [4.69, 9.17) is 21.1 Å². The first-order chi connectivity index (χ1) is 16.9. The van der Waals surface area contributed by atoms with E-state index in [0.717, 1.165) is 24.0 Å². The molecule has 1 saturated carbocycles. The number of rotatable bonds is 7. The van der Waals surface area contributed by atoms with Gasteiger partial charge < -0.3 is 19.7 Å². The Balaban J connectivity index is 1.61. The minimum absolute atomic E-state index is 0.0771. The van der Waals surface area contributed by atoms with Crippen LogP contribution in [0.1, 0.15) is 50.3 Å². The first kappa shape index (κ1) is 25.4. The zero-order valence-corrected chi connectivity index (χ0v) is 21.5. The molecule has 2 aliphatic rings. The molecule has 2 aromatic rings. The second-order valence-electron chi connectivity index (χ2n) is 9.87. The number of nitrogens with zero attached hydrogens (tertiary/aromatic N) is 1. The van der Waals surface area contributed by atoms with Gasteiger partial charge in [0.2, 0.25) is 11.8 Å². The quantitative estimate of drug-likeness (QED) is 0.552. The topological polar surface area (TPSA) is 67.9 Å². The molecule has 7 heteroatoms. The van der Waals surface area contributed by atoms with Crippen LogP contribution in [0.4, 0.5) is 0 Å². The normalized spacial score (nSPS) is 24.3. The Morgan fingerprint density at radius 2 is 1.80 bits per heavy atom. The van der Waals surface area contributed by atoms with Gasteiger partial charge in [-0.3, -0.25) is 9.59 Å². The van der Waals surface area contributed by atoms with Crippen LogP contribution in [0.15, 0.2) is 48.5 Å². The summed E-state index contributed by atoms with van der Waals surface area (Å²) in [5.74, 6) is 1.48. The summed E-state index contributed by atoms with van der Waals surface area (Å²) in [5, 5.41) is 3.28. The van der Waals surface area contributed by atoms with E-state index in [1.165, 1.54) is 6.42 Å². The summed E-state index contributed by atoms with van der Waals surface area (Å²) in [5.41, 5.74) is 1.83. The molecule has 1 fully saturated rings. The van der Waals surface area contributed by atoms with E-state index in [2.05, 4.69) is 19.2 Å². The van der Waals surface area contributed by atoms with Gasteiger partial charge >= 0.3 is 0 Å². The number of hydrogen-bond acceptors (Lipinski definition) is 4.